The van der Waals surface area contributed by atoms with Crippen molar-refractivity contribution >= 4 is 72.5 Å². The minimum Gasteiger partial charge on any atom is -0.397 e. The van der Waals surface area contributed by atoms with E-state index in [2.05, 4.69) is 0 Å². The van der Waals surface area contributed by atoms with Gasteiger partial charge in [-0.05, 0) is 0 Å². The van der Waals surface area contributed by atoms with Crippen LogP contribution in [0.15, 0.2) is 0 Å². The molecule has 0 unspecified atom stereocenters. The van der Waals surface area contributed by atoms with Crippen molar-refractivity contribution in [1.82, 2.24) is 0 Å². The highest BCUT2D eigenvalue weighted by Gasteiger charge is 2.27. The second kappa shape index (κ2) is 6.11. The van der Waals surface area contributed by atoms with E-state index in [9.17, 15) is 0 Å². The molecule has 1 aromatic carbocycles. The zero-order valence-electron chi connectivity index (χ0n) is 8.28. The van der Waals surface area contributed by atoms with Crippen LogP contribution >= 0.6 is 58.0 Å². The Balaban J connectivity index is 3.50. The third-order valence-electron chi connectivity index (χ3n) is 1.91. The minimum absolute atomic E-state index is 0.127. The highest BCUT2D eigenvalue weighted by atomic mass is 35.5. The van der Waals surface area contributed by atoms with Gasteiger partial charge in [-0.25, -0.2) is 0 Å². The Kier molecular flexibility index (Phi) is 5.68. The summed E-state index contributed by atoms with van der Waals surface area (Å²) in [6.07, 6.45) is 0. The van der Waals surface area contributed by atoms with Crippen molar-refractivity contribution in [3.8, 4) is 0 Å². The molecule has 0 aliphatic carbocycles. The van der Waals surface area contributed by atoms with Gasteiger partial charge in [-0.15, -0.1) is 0 Å². The summed E-state index contributed by atoms with van der Waals surface area (Å²) in [4.78, 5) is 0. The van der Waals surface area contributed by atoms with Gasteiger partial charge in [-0.1, -0.05) is 58.0 Å². The number of rotatable bonds is 3. The van der Waals surface area contributed by atoms with E-state index in [1.165, 1.54) is 14.2 Å². The quantitative estimate of drug-likeness (QED) is 0.475. The lowest BCUT2D eigenvalue weighted by Gasteiger charge is -2.17. The summed E-state index contributed by atoms with van der Waals surface area (Å²) in [5.41, 5.74) is 0. The van der Waals surface area contributed by atoms with E-state index in [4.69, 9.17) is 66.9 Å². The Labute approximate surface area is 120 Å². The Morgan fingerprint density at radius 3 is 1.31 bits per heavy atom. The van der Waals surface area contributed by atoms with E-state index in [0.29, 0.717) is 5.19 Å². The largest absolute Gasteiger partial charge is 0.397 e. The monoisotopic (exact) mass is 338 g/mol. The average molecular weight is 340 g/mol. The second-order valence-electron chi connectivity index (χ2n) is 2.79. The molecule has 0 radical (unpaired) electrons. The first-order valence-corrected chi connectivity index (χ1v) is 7.43. The van der Waals surface area contributed by atoms with E-state index >= 15 is 0 Å². The molecule has 8 heteroatoms. The fraction of sp³-hybridized carbons (Fsp3) is 0.250. The summed E-state index contributed by atoms with van der Waals surface area (Å²) in [6, 6.07) is 0. The SMILES string of the molecule is CO[SiH](OC)c1c(Cl)c(Cl)c(Cl)c(Cl)c1Cl. The van der Waals surface area contributed by atoms with Crippen LogP contribution < -0.4 is 5.19 Å². The Morgan fingerprint density at radius 1 is 0.688 bits per heavy atom. The number of halogens is 5. The van der Waals surface area contributed by atoms with Crippen molar-refractivity contribution in [1.29, 1.82) is 0 Å². The molecule has 2 nitrogen and oxygen atoms in total. The molecule has 0 fully saturated rings. The van der Waals surface area contributed by atoms with Crippen LogP contribution in [0.1, 0.15) is 0 Å². The fourth-order valence-electron chi connectivity index (χ4n) is 1.16. The molecule has 0 spiro atoms. The first kappa shape index (κ1) is 14.9. The first-order chi connectivity index (χ1) is 7.45. The Morgan fingerprint density at radius 2 is 1.00 bits per heavy atom. The summed E-state index contributed by atoms with van der Waals surface area (Å²) in [5, 5.41) is 1.37. The van der Waals surface area contributed by atoms with Crippen LogP contribution in [0.4, 0.5) is 0 Å². The molecule has 0 saturated heterocycles. The van der Waals surface area contributed by atoms with Gasteiger partial charge < -0.3 is 8.85 Å². The lowest BCUT2D eigenvalue weighted by molar-refractivity contribution is 0.292. The predicted molar refractivity (Wildman–Crippen MR) is 72.3 cm³/mol. The van der Waals surface area contributed by atoms with Crippen molar-refractivity contribution < 1.29 is 8.85 Å². The molecule has 0 atom stereocenters. The molecule has 0 amide bonds. The van der Waals surface area contributed by atoms with Crippen molar-refractivity contribution in [3.05, 3.63) is 25.1 Å². The van der Waals surface area contributed by atoms with Crippen LogP contribution in [0.2, 0.25) is 25.1 Å². The van der Waals surface area contributed by atoms with Crippen molar-refractivity contribution in [3.63, 3.8) is 0 Å². The molecular formula is C8H7Cl5O2Si. The van der Waals surface area contributed by atoms with Crippen LogP contribution in [0.5, 0.6) is 0 Å². The third kappa shape index (κ3) is 2.62. The number of benzene rings is 1. The van der Waals surface area contributed by atoms with Gasteiger partial charge in [0.05, 0.1) is 25.1 Å². The minimum atomic E-state index is -2.20. The molecule has 1 aromatic rings. The Bertz CT molecular complexity index is 379. The highest BCUT2D eigenvalue weighted by Crippen LogP contribution is 2.39. The van der Waals surface area contributed by atoms with Crippen LogP contribution in [-0.4, -0.2) is 23.5 Å². The summed E-state index contributed by atoms with van der Waals surface area (Å²) < 4.78 is 10.4. The lowest BCUT2D eigenvalue weighted by Crippen LogP contribution is -2.36. The van der Waals surface area contributed by atoms with Crippen LogP contribution in [0.3, 0.4) is 0 Å². The smallest absolute Gasteiger partial charge is 0.358 e. The molecule has 90 valence electrons. The van der Waals surface area contributed by atoms with Crippen molar-refractivity contribution in [2.45, 2.75) is 0 Å². The molecule has 0 bridgehead atoms. The van der Waals surface area contributed by atoms with E-state index in [1.54, 1.807) is 0 Å². The maximum absolute atomic E-state index is 6.04. The summed E-state index contributed by atoms with van der Waals surface area (Å²) in [5.74, 6) is 0. The van der Waals surface area contributed by atoms with Crippen LogP contribution in [-0.2, 0) is 8.85 Å². The van der Waals surface area contributed by atoms with Gasteiger partial charge in [0, 0.05) is 19.4 Å². The molecule has 0 heterocycles. The standard InChI is InChI=1S/C8H7Cl5O2Si/c1-14-16(15-2)8-6(12)4(10)3(9)5(11)7(8)13/h16H,1-2H3. The first-order valence-electron chi connectivity index (χ1n) is 4.02. The van der Waals surface area contributed by atoms with Gasteiger partial charge in [-0.2, -0.15) is 0 Å². The van der Waals surface area contributed by atoms with E-state index in [0.717, 1.165) is 0 Å². The molecule has 16 heavy (non-hydrogen) atoms. The normalized spacial score (nSPS) is 11.2. The maximum Gasteiger partial charge on any atom is 0.358 e. The Hall–Kier alpha value is 0.807. The molecule has 0 aliphatic heterocycles. The summed E-state index contributed by atoms with van der Waals surface area (Å²) in [6.45, 7) is 0. The molecular weight excluding hydrogens is 333 g/mol. The number of hydrogen-bond donors (Lipinski definition) is 0. The highest BCUT2D eigenvalue weighted by molar-refractivity contribution is 6.71. The second-order valence-corrected chi connectivity index (χ2v) is 6.86. The lowest BCUT2D eigenvalue weighted by atomic mass is 10.3. The molecule has 0 saturated carbocycles. The average Bonchev–Trinajstić information content (AvgIpc) is 2.29. The van der Waals surface area contributed by atoms with Crippen LogP contribution in [0, 0.1) is 0 Å². The predicted octanol–water partition coefficient (Wildman–Crippen LogP) is 3.67. The van der Waals surface area contributed by atoms with Crippen LogP contribution in [0.25, 0.3) is 0 Å². The maximum atomic E-state index is 6.04. The van der Waals surface area contributed by atoms with Gasteiger partial charge in [0.2, 0.25) is 0 Å². The zero-order chi connectivity index (χ0) is 12.5. The third-order valence-corrected chi connectivity index (χ3v) is 6.48. The van der Waals surface area contributed by atoms with Gasteiger partial charge in [-0.3, -0.25) is 0 Å². The van der Waals surface area contributed by atoms with E-state index in [1.807, 2.05) is 0 Å². The summed E-state index contributed by atoms with van der Waals surface area (Å²) >= 11 is 29.8. The van der Waals surface area contributed by atoms with E-state index < -0.39 is 9.28 Å². The summed E-state index contributed by atoms with van der Waals surface area (Å²) in [7, 11) is 0.810. The van der Waals surface area contributed by atoms with Crippen molar-refractivity contribution in [2.75, 3.05) is 14.2 Å². The van der Waals surface area contributed by atoms with Gasteiger partial charge in [0.25, 0.3) is 0 Å². The molecule has 0 aliphatic rings. The molecule has 1 rings (SSSR count). The van der Waals surface area contributed by atoms with Gasteiger partial charge >= 0.3 is 9.28 Å². The number of hydrogen-bond acceptors (Lipinski definition) is 2. The van der Waals surface area contributed by atoms with E-state index in [-0.39, 0.29) is 25.1 Å². The molecule has 0 N–H and O–H groups in total. The zero-order valence-corrected chi connectivity index (χ0v) is 13.2. The fourth-order valence-corrected chi connectivity index (χ4v) is 4.40. The van der Waals surface area contributed by atoms with Gasteiger partial charge in [0.1, 0.15) is 0 Å². The van der Waals surface area contributed by atoms with Gasteiger partial charge in [0.15, 0.2) is 0 Å². The topological polar surface area (TPSA) is 18.5 Å². The van der Waals surface area contributed by atoms with Crippen molar-refractivity contribution in [2.24, 2.45) is 0 Å². The molecule has 0 aromatic heterocycles.